The van der Waals surface area contributed by atoms with E-state index >= 15 is 0 Å². The lowest BCUT2D eigenvalue weighted by Crippen LogP contribution is -2.60. The molecule has 1 fully saturated rings. The van der Waals surface area contributed by atoms with Crippen LogP contribution in [0.2, 0.25) is 0 Å². The van der Waals surface area contributed by atoms with E-state index in [0.717, 1.165) is 13.0 Å². The molecule has 0 radical (unpaired) electrons. The van der Waals surface area contributed by atoms with E-state index in [4.69, 9.17) is 18.9 Å². The summed E-state index contributed by atoms with van der Waals surface area (Å²) in [7, 11) is 2.46. The first kappa shape index (κ1) is 28.9. The first-order valence-electron chi connectivity index (χ1n) is 11.4. The first-order valence-corrected chi connectivity index (χ1v) is 11.4. The Morgan fingerprint density at radius 2 is 1.34 bits per heavy atom. The summed E-state index contributed by atoms with van der Waals surface area (Å²) in [4.78, 5) is 24.5. The van der Waals surface area contributed by atoms with Crippen LogP contribution in [0.3, 0.4) is 0 Å². The molecule has 0 amide bonds. The smallest absolute Gasteiger partial charge is 0.229 e. The molecule has 208 valence electrons. The topological polar surface area (TPSA) is 213 Å². The summed E-state index contributed by atoms with van der Waals surface area (Å²) in [5.41, 5.74) is -0.928. The molecule has 0 saturated carbocycles. The monoisotopic (exact) mass is 538 g/mol. The van der Waals surface area contributed by atoms with Crippen LogP contribution in [-0.4, -0.2) is 98.8 Å². The Balaban J connectivity index is 2.20. The van der Waals surface area contributed by atoms with E-state index in [2.05, 4.69) is 0 Å². The summed E-state index contributed by atoms with van der Waals surface area (Å²) in [6.45, 7) is 1.61. The van der Waals surface area contributed by atoms with Gasteiger partial charge < -0.3 is 54.7 Å². The average molecular weight is 539 g/mol. The van der Waals surface area contributed by atoms with E-state index < -0.39 is 72.5 Å². The summed E-state index contributed by atoms with van der Waals surface area (Å²) in [6.07, 6.45) is -8.73. The number of ether oxygens (including phenoxy) is 4. The summed E-state index contributed by atoms with van der Waals surface area (Å²) >= 11 is 0. The lowest BCUT2D eigenvalue weighted by atomic mass is 9.94. The summed E-state index contributed by atoms with van der Waals surface area (Å²) in [6, 6.07) is 2.27. The third-order valence-electron chi connectivity index (χ3n) is 6.26. The van der Waals surface area contributed by atoms with Crippen LogP contribution >= 0.6 is 0 Å². The molecule has 2 aromatic rings. The number of phenols is 3. The number of aliphatic hydroxyl groups is 4. The molecule has 1 heterocycles. The first-order chi connectivity index (χ1) is 17.9. The average Bonchev–Trinajstić information content (AvgIpc) is 2.86. The lowest BCUT2D eigenvalue weighted by Gasteiger charge is -2.39. The van der Waals surface area contributed by atoms with E-state index in [1.54, 1.807) is 0 Å². The molecule has 2 aromatic carbocycles. The highest BCUT2D eigenvalue weighted by Crippen LogP contribution is 2.45. The number of ketones is 2. The zero-order valence-electron chi connectivity index (χ0n) is 21.0. The van der Waals surface area contributed by atoms with Crippen molar-refractivity contribution in [1.29, 1.82) is 0 Å². The molecular formula is C25H30O13. The number of rotatable bonds is 9. The predicted octanol–water partition coefficient (Wildman–Crippen LogP) is -0.00470. The highest BCUT2D eigenvalue weighted by molar-refractivity contribution is 6.01. The molecule has 0 bridgehead atoms. The molecule has 0 unspecified atom stereocenters. The predicted molar refractivity (Wildman–Crippen MR) is 128 cm³/mol. The van der Waals surface area contributed by atoms with Crippen LogP contribution in [-0.2, 0) is 11.2 Å². The standard InChI is InChI=1S/C25H30O13/c1-9(27)18-15(35-3)6-13(29)11(20(18)30)5-12-14(7-16(36-4)19(10(2)28)21(12)31)37-25-24(34)23(33)22(32)17(8-26)38-25/h6-7,17,22-26,29-34H,5,8H2,1-4H3/t17-,22-,23+,24-,25+/m1/s1. The van der Waals surface area contributed by atoms with Gasteiger partial charge in [-0.25, -0.2) is 0 Å². The molecule has 1 saturated heterocycles. The minimum Gasteiger partial charge on any atom is -0.507 e. The molecule has 7 N–H and O–H groups in total. The summed E-state index contributed by atoms with van der Waals surface area (Å²) in [5.74, 6) is -3.50. The van der Waals surface area contributed by atoms with Gasteiger partial charge in [0.05, 0.1) is 20.8 Å². The lowest BCUT2D eigenvalue weighted by molar-refractivity contribution is -0.277. The van der Waals surface area contributed by atoms with Crippen molar-refractivity contribution in [3.63, 3.8) is 0 Å². The zero-order valence-corrected chi connectivity index (χ0v) is 21.0. The normalized spacial score (nSPS) is 23.1. The number of benzene rings is 2. The second kappa shape index (κ2) is 11.4. The molecule has 1 aliphatic heterocycles. The van der Waals surface area contributed by atoms with Crippen LogP contribution in [0.4, 0.5) is 0 Å². The SMILES string of the molecule is COc1cc(O)c(Cc2c(O[C@H]3O[C@H](CO)[C@@H](O)[C@H](O)[C@H]3O)cc(OC)c(C(C)=O)c2O)c(O)c1C(C)=O. The van der Waals surface area contributed by atoms with E-state index in [-0.39, 0.29) is 39.5 Å². The number of aliphatic hydroxyl groups excluding tert-OH is 4. The number of hydrogen-bond donors (Lipinski definition) is 7. The van der Waals surface area contributed by atoms with Gasteiger partial charge >= 0.3 is 0 Å². The van der Waals surface area contributed by atoms with E-state index in [1.807, 2.05) is 0 Å². The maximum absolute atomic E-state index is 12.3. The molecular weight excluding hydrogens is 508 g/mol. The Morgan fingerprint density at radius 1 is 0.816 bits per heavy atom. The highest BCUT2D eigenvalue weighted by Gasteiger charge is 2.45. The number of carbonyl (C=O) groups is 2. The van der Waals surface area contributed by atoms with Crippen molar-refractivity contribution in [3.05, 3.63) is 34.4 Å². The number of hydrogen-bond acceptors (Lipinski definition) is 13. The fraction of sp³-hybridized carbons (Fsp3) is 0.440. The van der Waals surface area contributed by atoms with Gasteiger partial charge in [0.1, 0.15) is 70.0 Å². The molecule has 13 heteroatoms. The third-order valence-corrected chi connectivity index (χ3v) is 6.26. The molecule has 0 aliphatic carbocycles. The quantitative estimate of drug-likeness (QED) is 0.210. The molecule has 13 nitrogen and oxygen atoms in total. The largest absolute Gasteiger partial charge is 0.507 e. The number of aromatic hydroxyl groups is 3. The second-order valence-corrected chi connectivity index (χ2v) is 8.68. The van der Waals surface area contributed by atoms with Crippen molar-refractivity contribution in [2.24, 2.45) is 0 Å². The van der Waals surface area contributed by atoms with Crippen molar-refractivity contribution in [3.8, 4) is 34.5 Å². The Labute approximate surface area is 217 Å². The van der Waals surface area contributed by atoms with Crippen LogP contribution in [0.1, 0.15) is 45.7 Å². The Morgan fingerprint density at radius 3 is 1.84 bits per heavy atom. The molecule has 3 rings (SSSR count). The molecule has 0 aromatic heterocycles. The van der Waals surface area contributed by atoms with Crippen LogP contribution in [0.25, 0.3) is 0 Å². The number of methoxy groups -OCH3 is 2. The minimum absolute atomic E-state index is 0.0996. The fourth-order valence-electron chi connectivity index (χ4n) is 4.25. The van der Waals surface area contributed by atoms with Crippen molar-refractivity contribution in [2.45, 2.75) is 51.0 Å². The van der Waals surface area contributed by atoms with Gasteiger partial charge in [0.25, 0.3) is 0 Å². The molecule has 1 aliphatic rings. The van der Waals surface area contributed by atoms with Crippen molar-refractivity contribution in [2.75, 3.05) is 20.8 Å². The van der Waals surface area contributed by atoms with Crippen molar-refractivity contribution >= 4 is 11.6 Å². The van der Waals surface area contributed by atoms with Crippen LogP contribution in [0, 0.1) is 0 Å². The van der Waals surface area contributed by atoms with Crippen LogP contribution in [0.5, 0.6) is 34.5 Å². The summed E-state index contributed by atoms with van der Waals surface area (Å²) < 4.78 is 21.4. The van der Waals surface area contributed by atoms with Gasteiger partial charge in [0.2, 0.25) is 6.29 Å². The Bertz CT molecular complexity index is 1220. The Kier molecular flexibility index (Phi) is 8.69. The third kappa shape index (κ3) is 5.19. The van der Waals surface area contributed by atoms with Gasteiger partial charge in [-0.05, 0) is 13.8 Å². The van der Waals surface area contributed by atoms with Gasteiger partial charge in [0, 0.05) is 29.7 Å². The summed E-state index contributed by atoms with van der Waals surface area (Å²) in [5, 5.41) is 72.6. The molecule has 5 atom stereocenters. The van der Waals surface area contributed by atoms with Gasteiger partial charge in [0.15, 0.2) is 11.6 Å². The Hall–Kier alpha value is -3.62. The van der Waals surface area contributed by atoms with Crippen LogP contribution < -0.4 is 14.2 Å². The van der Waals surface area contributed by atoms with Gasteiger partial charge in [-0.1, -0.05) is 0 Å². The second-order valence-electron chi connectivity index (χ2n) is 8.68. The van der Waals surface area contributed by atoms with Gasteiger partial charge in [-0.15, -0.1) is 0 Å². The number of phenolic OH excluding ortho intramolecular Hbond substituents is 3. The van der Waals surface area contributed by atoms with Crippen LogP contribution in [0.15, 0.2) is 12.1 Å². The van der Waals surface area contributed by atoms with E-state index in [0.29, 0.717) is 0 Å². The highest BCUT2D eigenvalue weighted by atomic mass is 16.7. The fourth-order valence-corrected chi connectivity index (χ4v) is 4.25. The van der Waals surface area contributed by atoms with Crippen molar-refractivity contribution < 1.29 is 64.3 Å². The molecule has 38 heavy (non-hydrogen) atoms. The maximum atomic E-state index is 12.3. The zero-order chi connectivity index (χ0) is 28.5. The van der Waals surface area contributed by atoms with E-state index in [1.165, 1.54) is 27.2 Å². The number of carbonyl (C=O) groups excluding carboxylic acids is 2. The maximum Gasteiger partial charge on any atom is 0.229 e. The minimum atomic E-state index is -1.81. The van der Waals surface area contributed by atoms with Crippen molar-refractivity contribution in [1.82, 2.24) is 0 Å². The van der Waals surface area contributed by atoms with E-state index in [9.17, 15) is 45.3 Å². The van der Waals surface area contributed by atoms with Gasteiger partial charge in [-0.2, -0.15) is 0 Å². The molecule has 0 spiro atoms. The number of Topliss-reactive ketones (excluding diaryl/α,β-unsaturated/α-hetero) is 2. The van der Waals surface area contributed by atoms with Gasteiger partial charge in [-0.3, -0.25) is 9.59 Å².